The van der Waals surface area contributed by atoms with E-state index in [1.165, 1.54) is 16.4 Å². The summed E-state index contributed by atoms with van der Waals surface area (Å²) in [5.41, 5.74) is 2.25. The van der Waals surface area contributed by atoms with Gasteiger partial charge in [-0.3, -0.25) is 15.5 Å². The number of amides is 1. The van der Waals surface area contributed by atoms with Crippen molar-refractivity contribution in [3.8, 4) is 11.4 Å². The molecule has 1 heterocycles. The van der Waals surface area contributed by atoms with Gasteiger partial charge in [-0.05, 0) is 61.2 Å². The highest BCUT2D eigenvalue weighted by Crippen LogP contribution is 2.14. The van der Waals surface area contributed by atoms with E-state index in [-0.39, 0.29) is 17.5 Å². The lowest BCUT2D eigenvalue weighted by molar-refractivity contribution is -0.144. The number of aryl methyl sites for hydroxylation is 2. The molecule has 1 aromatic heterocycles. The molecule has 0 spiro atoms. The molecule has 0 bridgehead atoms. The number of carbonyl (C=O) groups excluding carboxylic acids is 2. The van der Waals surface area contributed by atoms with Gasteiger partial charge in [0.2, 0.25) is 0 Å². The predicted molar refractivity (Wildman–Crippen MR) is 130 cm³/mol. The Kier molecular flexibility index (Phi) is 8.19. The van der Waals surface area contributed by atoms with E-state index in [0.717, 1.165) is 5.56 Å². The first-order valence-electron chi connectivity index (χ1n) is 11.2. The monoisotopic (exact) mass is 479 g/mol. The largest absolute Gasteiger partial charge is 0.465 e. The molecule has 2 aromatic carbocycles. The Morgan fingerprint density at radius 1 is 1.06 bits per heavy atom. The summed E-state index contributed by atoms with van der Waals surface area (Å²) in [5.74, 6) is 0.462. The van der Waals surface area contributed by atoms with Crippen molar-refractivity contribution in [2.75, 3.05) is 13.7 Å². The molecular formula is C25H29N5O5. The summed E-state index contributed by atoms with van der Waals surface area (Å²) in [6, 6.07) is 13.9. The van der Waals surface area contributed by atoms with Crippen molar-refractivity contribution in [1.29, 1.82) is 5.41 Å². The number of methoxy groups -OCH3 is 1. The predicted octanol–water partition coefficient (Wildman–Crippen LogP) is 3.14. The van der Waals surface area contributed by atoms with Crippen molar-refractivity contribution < 1.29 is 19.1 Å². The number of esters is 1. The zero-order valence-electron chi connectivity index (χ0n) is 20.2. The van der Waals surface area contributed by atoms with Gasteiger partial charge in [-0.25, -0.2) is 14.2 Å². The third-order valence-electron chi connectivity index (χ3n) is 5.14. The molecule has 0 fully saturated rings. The molecule has 0 saturated heterocycles. The van der Waals surface area contributed by atoms with Crippen LogP contribution in [0.25, 0.3) is 11.4 Å². The van der Waals surface area contributed by atoms with Gasteiger partial charge >= 0.3 is 17.8 Å². The fraction of sp³-hybridized carbons (Fsp3) is 0.320. The average molecular weight is 480 g/mol. The molecule has 3 rings (SSSR count). The maximum atomic E-state index is 13.1. The highest BCUT2D eigenvalue weighted by Gasteiger charge is 2.14. The quantitative estimate of drug-likeness (QED) is 0.290. The van der Waals surface area contributed by atoms with Gasteiger partial charge in [-0.15, -0.1) is 5.10 Å². The third kappa shape index (κ3) is 6.44. The summed E-state index contributed by atoms with van der Waals surface area (Å²) in [6.45, 7) is 6.13. The molecule has 0 aliphatic rings. The van der Waals surface area contributed by atoms with Crippen molar-refractivity contribution in [3.63, 3.8) is 0 Å². The van der Waals surface area contributed by atoms with Gasteiger partial charge in [-0.2, -0.15) is 4.68 Å². The third-order valence-corrected chi connectivity index (χ3v) is 5.14. The molecule has 1 amide bonds. The van der Waals surface area contributed by atoms with Crippen molar-refractivity contribution >= 4 is 17.9 Å². The first-order chi connectivity index (χ1) is 16.7. The van der Waals surface area contributed by atoms with Gasteiger partial charge in [0, 0.05) is 12.0 Å². The number of hydrogen-bond acceptors (Lipinski definition) is 7. The smallest absolute Gasteiger partial charge is 0.412 e. The van der Waals surface area contributed by atoms with E-state index in [0.29, 0.717) is 48.1 Å². The summed E-state index contributed by atoms with van der Waals surface area (Å²) >= 11 is 0. The number of amidine groups is 1. The molecule has 35 heavy (non-hydrogen) atoms. The Morgan fingerprint density at radius 3 is 2.29 bits per heavy atom. The van der Waals surface area contributed by atoms with E-state index < -0.39 is 6.09 Å². The Hall–Kier alpha value is -4.21. The van der Waals surface area contributed by atoms with Gasteiger partial charge in [0.1, 0.15) is 11.7 Å². The van der Waals surface area contributed by atoms with E-state index in [1.54, 1.807) is 31.2 Å². The number of alkyl carbamates (subject to hydrolysis) is 1. The first kappa shape index (κ1) is 25.4. The second-order valence-corrected chi connectivity index (χ2v) is 8.36. The lowest BCUT2D eigenvalue weighted by Crippen LogP contribution is -2.30. The molecule has 184 valence electrons. The van der Waals surface area contributed by atoms with Crippen molar-refractivity contribution in [2.24, 2.45) is 5.92 Å². The molecule has 0 aliphatic carbocycles. The van der Waals surface area contributed by atoms with Gasteiger partial charge in [0.25, 0.3) is 0 Å². The fourth-order valence-corrected chi connectivity index (χ4v) is 3.32. The van der Waals surface area contributed by atoms with Crippen molar-refractivity contribution in [3.05, 3.63) is 76.0 Å². The highest BCUT2D eigenvalue weighted by molar-refractivity contribution is 6.04. The van der Waals surface area contributed by atoms with Crippen LogP contribution in [0.5, 0.6) is 0 Å². The van der Waals surface area contributed by atoms with Gasteiger partial charge < -0.3 is 9.47 Å². The lowest BCUT2D eigenvalue weighted by atomic mass is 10.1. The Morgan fingerprint density at radius 2 is 1.69 bits per heavy atom. The molecule has 0 radical (unpaired) electrons. The Labute approximate surface area is 203 Å². The van der Waals surface area contributed by atoms with E-state index in [9.17, 15) is 14.4 Å². The minimum atomic E-state index is -0.734. The second kappa shape index (κ2) is 11.3. The number of nitrogens with zero attached hydrogens (tertiary/aromatic N) is 3. The van der Waals surface area contributed by atoms with Crippen LogP contribution in [0.2, 0.25) is 0 Å². The number of ether oxygens (including phenoxy) is 2. The van der Waals surface area contributed by atoms with E-state index >= 15 is 0 Å². The van der Waals surface area contributed by atoms with Crippen LogP contribution in [0.4, 0.5) is 4.79 Å². The van der Waals surface area contributed by atoms with Crippen LogP contribution in [0.3, 0.4) is 0 Å². The summed E-state index contributed by atoms with van der Waals surface area (Å²) in [5, 5.41) is 14.6. The number of nitrogens with one attached hydrogen (secondary N) is 2. The summed E-state index contributed by atoms with van der Waals surface area (Å²) < 4.78 is 12.5. The topological polar surface area (TPSA) is 128 Å². The molecule has 0 unspecified atom stereocenters. The van der Waals surface area contributed by atoms with Crippen LogP contribution in [0.15, 0.2) is 53.3 Å². The fourth-order valence-electron chi connectivity index (χ4n) is 3.32. The number of carbonyl (C=O) groups is 2. The van der Waals surface area contributed by atoms with Gasteiger partial charge in [0.15, 0.2) is 0 Å². The maximum Gasteiger partial charge on any atom is 0.412 e. The van der Waals surface area contributed by atoms with E-state index in [1.807, 2.05) is 38.1 Å². The molecule has 0 aliphatic heterocycles. The van der Waals surface area contributed by atoms with Crippen LogP contribution >= 0.6 is 0 Å². The number of benzene rings is 2. The molecule has 10 nitrogen and oxygen atoms in total. The average Bonchev–Trinajstić information content (AvgIpc) is 3.15. The number of hydrogen-bond donors (Lipinski definition) is 2. The minimum Gasteiger partial charge on any atom is -0.465 e. The molecule has 10 heteroatoms. The SMILES string of the molecule is COC(=O)NC(=N)c1ccc(-n2nc(C)n(-c3ccc(CCC(=O)OCC(C)C)cc3)c2=O)cc1. The second-order valence-electron chi connectivity index (χ2n) is 8.36. The minimum absolute atomic E-state index is 0.120. The normalized spacial score (nSPS) is 10.8. The number of aromatic nitrogens is 3. The summed E-state index contributed by atoms with van der Waals surface area (Å²) in [6.07, 6.45) is 0.115. The Bertz CT molecular complexity index is 1260. The zero-order valence-corrected chi connectivity index (χ0v) is 20.2. The molecular weight excluding hydrogens is 450 g/mol. The van der Waals surface area contributed by atoms with Gasteiger partial charge in [-0.1, -0.05) is 26.0 Å². The first-order valence-corrected chi connectivity index (χ1v) is 11.2. The van der Waals surface area contributed by atoms with Crippen LogP contribution in [-0.2, 0) is 20.7 Å². The van der Waals surface area contributed by atoms with Gasteiger partial charge in [0.05, 0.1) is 25.1 Å². The molecule has 3 aromatic rings. The van der Waals surface area contributed by atoms with Crippen molar-refractivity contribution in [1.82, 2.24) is 19.7 Å². The maximum absolute atomic E-state index is 13.1. The highest BCUT2D eigenvalue weighted by atomic mass is 16.5. The standard InChI is InChI=1S/C25H29N5O5/c1-16(2)15-35-22(31)14-7-18-5-10-20(11-6-18)29-17(3)28-30(25(29)33)21-12-8-19(9-13-21)23(26)27-24(32)34-4/h5-6,8-13,16H,7,14-15H2,1-4H3,(H2,26,27,32). The van der Waals surface area contributed by atoms with E-state index in [4.69, 9.17) is 10.1 Å². The zero-order chi connectivity index (χ0) is 25.5. The number of rotatable bonds is 8. The summed E-state index contributed by atoms with van der Waals surface area (Å²) in [4.78, 5) is 36.2. The van der Waals surface area contributed by atoms with E-state index in [2.05, 4.69) is 15.2 Å². The molecule has 2 N–H and O–H groups in total. The van der Waals surface area contributed by atoms with Crippen LogP contribution in [-0.4, -0.2) is 46.0 Å². The lowest BCUT2D eigenvalue weighted by Gasteiger charge is -2.08. The molecule has 0 atom stereocenters. The van der Waals surface area contributed by atoms with Crippen LogP contribution < -0.4 is 11.0 Å². The van der Waals surface area contributed by atoms with Crippen LogP contribution in [0, 0.1) is 18.3 Å². The van der Waals surface area contributed by atoms with Crippen LogP contribution in [0.1, 0.15) is 37.2 Å². The van der Waals surface area contributed by atoms with Crippen molar-refractivity contribution in [2.45, 2.75) is 33.6 Å². The Balaban J connectivity index is 1.73. The summed E-state index contributed by atoms with van der Waals surface area (Å²) in [7, 11) is 1.22. The molecule has 0 saturated carbocycles.